The number of aryl methyl sites for hydroxylation is 1. The quantitative estimate of drug-likeness (QED) is 0.771. The summed E-state index contributed by atoms with van der Waals surface area (Å²) in [5.41, 5.74) is 2.85. The van der Waals surface area contributed by atoms with Gasteiger partial charge in [-0.05, 0) is 24.0 Å². The van der Waals surface area contributed by atoms with E-state index in [1.807, 2.05) is 0 Å². The van der Waals surface area contributed by atoms with Crippen LogP contribution >= 0.6 is 0 Å². The van der Waals surface area contributed by atoms with E-state index < -0.39 is 0 Å². The SMILES string of the molecule is Cc1ccccc1C(C)CNC(C)C. The van der Waals surface area contributed by atoms with Gasteiger partial charge in [-0.3, -0.25) is 0 Å². The second-order valence-corrected chi connectivity index (χ2v) is 4.32. The van der Waals surface area contributed by atoms with Gasteiger partial charge in [-0.2, -0.15) is 0 Å². The Hall–Kier alpha value is -0.820. The van der Waals surface area contributed by atoms with Crippen molar-refractivity contribution in [3.05, 3.63) is 35.4 Å². The van der Waals surface area contributed by atoms with Gasteiger partial charge in [0, 0.05) is 12.6 Å². The lowest BCUT2D eigenvalue weighted by atomic mass is 9.96. The van der Waals surface area contributed by atoms with Crippen molar-refractivity contribution in [1.29, 1.82) is 0 Å². The average Bonchev–Trinajstić information content (AvgIpc) is 2.15. The molecule has 1 rings (SSSR count). The summed E-state index contributed by atoms with van der Waals surface area (Å²) >= 11 is 0. The molecule has 0 saturated carbocycles. The topological polar surface area (TPSA) is 12.0 Å². The minimum Gasteiger partial charge on any atom is -0.314 e. The molecule has 0 radical (unpaired) electrons. The molecule has 1 heteroatoms. The number of hydrogen-bond donors (Lipinski definition) is 1. The zero-order valence-corrected chi connectivity index (χ0v) is 9.67. The lowest BCUT2D eigenvalue weighted by molar-refractivity contribution is 0.547. The highest BCUT2D eigenvalue weighted by molar-refractivity contribution is 5.28. The number of rotatable bonds is 4. The minimum absolute atomic E-state index is 0.571. The predicted molar refractivity (Wildman–Crippen MR) is 62.7 cm³/mol. The van der Waals surface area contributed by atoms with Gasteiger partial charge in [-0.15, -0.1) is 0 Å². The van der Waals surface area contributed by atoms with Crippen LogP contribution in [0.5, 0.6) is 0 Å². The average molecular weight is 191 g/mol. The molecule has 1 N–H and O–H groups in total. The van der Waals surface area contributed by atoms with Crippen LogP contribution in [-0.2, 0) is 0 Å². The van der Waals surface area contributed by atoms with E-state index >= 15 is 0 Å². The van der Waals surface area contributed by atoms with Crippen molar-refractivity contribution < 1.29 is 0 Å². The third-order valence-electron chi connectivity index (χ3n) is 2.55. The first-order chi connectivity index (χ1) is 6.61. The molecule has 0 spiro atoms. The molecule has 0 fully saturated rings. The van der Waals surface area contributed by atoms with E-state index in [0.29, 0.717) is 12.0 Å². The molecule has 1 aromatic rings. The second-order valence-electron chi connectivity index (χ2n) is 4.32. The van der Waals surface area contributed by atoms with Gasteiger partial charge in [0.2, 0.25) is 0 Å². The molecule has 0 bridgehead atoms. The smallest absolute Gasteiger partial charge is 0.00199 e. The summed E-state index contributed by atoms with van der Waals surface area (Å²) in [5, 5.41) is 3.47. The van der Waals surface area contributed by atoms with Crippen molar-refractivity contribution in [2.75, 3.05) is 6.54 Å². The Morgan fingerprint density at radius 2 is 1.79 bits per heavy atom. The maximum atomic E-state index is 3.47. The van der Waals surface area contributed by atoms with Crippen LogP contribution in [0.3, 0.4) is 0 Å². The Balaban J connectivity index is 2.60. The molecular weight excluding hydrogens is 170 g/mol. The van der Waals surface area contributed by atoms with Crippen molar-refractivity contribution in [1.82, 2.24) is 5.32 Å². The van der Waals surface area contributed by atoms with Crippen LogP contribution in [0, 0.1) is 6.92 Å². The summed E-state index contributed by atoms with van der Waals surface area (Å²) in [6, 6.07) is 9.19. The van der Waals surface area contributed by atoms with Crippen molar-refractivity contribution in [3.63, 3.8) is 0 Å². The van der Waals surface area contributed by atoms with E-state index in [1.165, 1.54) is 11.1 Å². The first kappa shape index (κ1) is 11.3. The summed E-state index contributed by atoms with van der Waals surface area (Å²) in [6.07, 6.45) is 0. The summed E-state index contributed by atoms with van der Waals surface area (Å²) in [7, 11) is 0. The zero-order chi connectivity index (χ0) is 10.6. The molecule has 0 aliphatic carbocycles. The molecule has 1 nitrogen and oxygen atoms in total. The summed E-state index contributed by atoms with van der Waals surface area (Å²) in [4.78, 5) is 0. The fourth-order valence-electron chi connectivity index (χ4n) is 1.66. The van der Waals surface area contributed by atoms with E-state index in [0.717, 1.165) is 6.54 Å². The Kier molecular flexibility index (Phi) is 4.15. The van der Waals surface area contributed by atoms with E-state index in [1.54, 1.807) is 0 Å². The summed E-state index contributed by atoms with van der Waals surface area (Å²) in [5.74, 6) is 0.596. The van der Waals surface area contributed by atoms with Crippen molar-refractivity contribution in [3.8, 4) is 0 Å². The normalized spacial score (nSPS) is 13.2. The lowest BCUT2D eigenvalue weighted by Crippen LogP contribution is -2.27. The molecule has 14 heavy (non-hydrogen) atoms. The zero-order valence-electron chi connectivity index (χ0n) is 9.67. The van der Waals surface area contributed by atoms with Gasteiger partial charge in [-0.1, -0.05) is 45.0 Å². The molecule has 1 aromatic carbocycles. The summed E-state index contributed by atoms with van der Waals surface area (Å²) < 4.78 is 0. The molecule has 78 valence electrons. The van der Waals surface area contributed by atoms with Gasteiger partial charge < -0.3 is 5.32 Å². The van der Waals surface area contributed by atoms with Crippen LogP contribution in [-0.4, -0.2) is 12.6 Å². The van der Waals surface area contributed by atoms with Gasteiger partial charge >= 0.3 is 0 Å². The third-order valence-corrected chi connectivity index (χ3v) is 2.55. The standard InChI is InChI=1S/C13H21N/c1-10(2)14-9-12(4)13-8-6-5-7-11(13)3/h5-8,10,12,14H,9H2,1-4H3. The number of benzene rings is 1. The van der Waals surface area contributed by atoms with Crippen LogP contribution in [0.4, 0.5) is 0 Å². The molecule has 0 amide bonds. The molecule has 0 aromatic heterocycles. The Labute approximate surface area is 87.5 Å². The monoisotopic (exact) mass is 191 g/mol. The predicted octanol–water partition coefficient (Wildman–Crippen LogP) is 3.10. The van der Waals surface area contributed by atoms with Gasteiger partial charge in [0.15, 0.2) is 0 Å². The van der Waals surface area contributed by atoms with E-state index in [9.17, 15) is 0 Å². The molecule has 1 unspecified atom stereocenters. The van der Waals surface area contributed by atoms with Crippen LogP contribution in [0.1, 0.15) is 37.8 Å². The van der Waals surface area contributed by atoms with Gasteiger partial charge in [0.05, 0.1) is 0 Å². The number of nitrogens with one attached hydrogen (secondary N) is 1. The Morgan fingerprint density at radius 1 is 1.14 bits per heavy atom. The third kappa shape index (κ3) is 3.15. The Morgan fingerprint density at radius 3 is 2.36 bits per heavy atom. The van der Waals surface area contributed by atoms with Crippen LogP contribution in [0.2, 0.25) is 0 Å². The first-order valence-electron chi connectivity index (χ1n) is 5.40. The molecule has 0 aliphatic rings. The maximum Gasteiger partial charge on any atom is 0.00199 e. The minimum atomic E-state index is 0.571. The van der Waals surface area contributed by atoms with Gasteiger partial charge in [0.1, 0.15) is 0 Å². The van der Waals surface area contributed by atoms with E-state index in [-0.39, 0.29) is 0 Å². The maximum absolute atomic E-state index is 3.47. The largest absolute Gasteiger partial charge is 0.314 e. The van der Waals surface area contributed by atoms with Crippen LogP contribution in [0.25, 0.3) is 0 Å². The molecular formula is C13H21N. The molecule has 0 heterocycles. The Bertz CT molecular complexity index is 278. The number of hydrogen-bond acceptors (Lipinski definition) is 1. The van der Waals surface area contributed by atoms with Crippen molar-refractivity contribution in [2.24, 2.45) is 0 Å². The fourth-order valence-corrected chi connectivity index (χ4v) is 1.66. The highest BCUT2D eigenvalue weighted by atomic mass is 14.9. The van der Waals surface area contributed by atoms with Crippen molar-refractivity contribution in [2.45, 2.75) is 39.7 Å². The van der Waals surface area contributed by atoms with Crippen molar-refractivity contribution >= 4 is 0 Å². The highest BCUT2D eigenvalue weighted by Crippen LogP contribution is 2.18. The molecule has 1 atom stereocenters. The van der Waals surface area contributed by atoms with Crippen LogP contribution in [0.15, 0.2) is 24.3 Å². The van der Waals surface area contributed by atoms with E-state index in [2.05, 4.69) is 57.3 Å². The first-order valence-corrected chi connectivity index (χ1v) is 5.40. The highest BCUT2D eigenvalue weighted by Gasteiger charge is 2.07. The fraction of sp³-hybridized carbons (Fsp3) is 0.538. The molecule has 0 aliphatic heterocycles. The van der Waals surface area contributed by atoms with E-state index in [4.69, 9.17) is 0 Å². The van der Waals surface area contributed by atoms with Gasteiger partial charge in [0.25, 0.3) is 0 Å². The molecule has 0 saturated heterocycles. The second kappa shape index (κ2) is 5.16. The van der Waals surface area contributed by atoms with Gasteiger partial charge in [-0.25, -0.2) is 0 Å². The van der Waals surface area contributed by atoms with Crippen LogP contribution < -0.4 is 5.32 Å². The lowest BCUT2D eigenvalue weighted by Gasteiger charge is -2.17. The summed E-state index contributed by atoms with van der Waals surface area (Å²) in [6.45, 7) is 9.89.